The topological polar surface area (TPSA) is 108 Å². The van der Waals surface area contributed by atoms with Crippen LogP contribution in [0.4, 0.5) is 0 Å². The largest absolute Gasteiger partial charge is 0.506 e. The molecule has 1 atom stereocenters. The van der Waals surface area contributed by atoms with Gasteiger partial charge in [-0.25, -0.2) is 0 Å². The number of oxime groups is 1. The van der Waals surface area contributed by atoms with Crippen molar-refractivity contribution in [2.24, 2.45) is 10.9 Å². The number of amidine groups is 1. The second-order valence-electron chi connectivity index (χ2n) is 4.01. The Bertz CT molecular complexity index is 491. The van der Waals surface area contributed by atoms with Crippen molar-refractivity contribution in [2.45, 2.75) is 25.8 Å². The van der Waals surface area contributed by atoms with E-state index >= 15 is 0 Å². The van der Waals surface area contributed by atoms with Gasteiger partial charge in [-0.2, -0.15) is 0 Å². The number of carbonyl (C=O) groups excluding carboxylic acids is 1. The molecule has 1 aromatic rings. The zero-order valence-corrected chi connectivity index (χ0v) is 11.2. The van der Waals surface area contributed by atoms with Crippen LogP contribution in [0.5, 0.6) is 5.75 Å². The molecule has 0 aliphatic carbocycles. The standard InChI is InChI=1S/C12H16ClN3O3/c1-2-3-9(11(14)16-19)15-12(18)7-4-5-10(17)8(13)6-7/h4-6,9,17,19H,2-3H2,1H3,(H2,14,16)(H,15,18). The lowest BCUT2D eigenvalue weighted by molar-refractivity contribution is 0.0945. The lowest BCUT2D eigenvalue weighted by atomic mass is 10.1. The molecule has 7 heteroatoms. The Labute approximate surface area is 115 Å². The fourth-order valence-electron chi connectivity index (χ4n) is 1.54. The molecular formula is C12H16ClN3O3. The minimum atomic E-state index is -0.546. The molecule has 0 spiro atoms. The molecule has 1 aromatic carbocycles. The third-order valence-corrected chi connectivity index (χ3v) is 2.87. The fourth-order valence-corrected chi connectivity index (χ4v) is 1.72. The Balaban J connectivity index is 2.84. The highest BCUT2D eigenvalue weighted by atomic mass is 35.5. The minimum Gasteiger partial charge on any atom is -0.506 e. The zero-order chi connectivity index (χ0) is 14.4. The molecule has 0 aliphatic heterocycles. The van der Waals surface area contributed by atoms with Crippen LogP contribution < -0.4 is 11.1 Å². The van der Waals surface area contributed by atoms with Gasteiger partial charge in [-0.15, -0.1) is 0 Å². The van der Waals surface area contributed by atoms with Crippen LogP contribution in [0.3, 0.4) is 0 Å². The van der Waals surface area contributed by atoms with Crippen molar-refractivity contribution in [1.82, 2.24) is 5.32 Å². The number of nitrogens with one attached hydrogen (secondary N) is 1. The van der Waals surface area contributed by atoms with Crippen LogP contribution in [0.2, 0.25) is 5.02 Å². The van der Waals surface area contributed by atoms with Crippen molar-refractivity contribution in [1.29, 1.82) is 0 Å². The van der Waals surface area contributed by atoms with E-state index in [0.29, 0.717) is 6.42 Å². The van der Waals surface area contributed by atoms with Gasteiger partial charge in [-0.3, -0.25) is 4.79 Å². The van der Waals surface area contributed by atoms with Crippen molar-refractivity contribution in [3.63, 3.8) is 0 Å². The van der Waals surface area contributed by atoms with Gasteiger partial charge < -0.3 is 21.4 Å². The van der Waals surface area contributed by atoms with E-state index in [1.54, 1.807) is 0 Å². The molecule has 1 amide bonds. The maximum atomic E-state index is 12.0. The number of carbonyl (C=O) groups is 1. The van der Waals surface area contributed by atoms with Crippen LogP contribution in [0.15, 0.2) is 23.4 Å². The Morgan fingerprint density at radius 1 is 1.58 bits per heavy atom. The molecule has 0 aliphatic rings. The summed E-state index contributed by atoms with van der Waals surface area (Å²) < 4.78 is 0. The summed E-state index contributed by atoms with van der Waals surface area (Å²) in [6.07, 6.45) is 1.31. The lowest BCUT2D eigenvalue weighted by Crippen LogP contribution is -2.44. The number of aromatic hydroxyl groups is 1. The van der Waals surface area contributed by atoms with E-state index in [-0.39, 0.29) is 22.2 Å². The zero-order valence-electron chi connectivity index (χ0n) is 10.4. The van der Waals surface area contributed by atoms with E-state index in [9.17, 15) is 9.90 Å². The summed E-state index contributed by atoms with van der Waals surface area (Å²) in [5.74, 6) is -0.563. The van der Waals surface area contributed by atoms with E-state index in [4.69, 9.17) is 22.5 Å². The summed E-state index contributed by atoms with van der Waals surface area (Å²) in [6, 6.07) is 3.57. The number of amides is 1. The summed E-state index contributed by atoms with van der Waals surface area (Å²) >= 11 is 5.73. The van der Waals surface area contributed by atoms with Gasteiger partial charge in [0.05, 0.1) is 11.1 Å². The van der Waals surface area contributed by atoms with E-state index in [1.807, 2.05) is 6.92 Å². The summed E-state index contributed by atoms with van der Waals surface area (Å²) in [7, 11) is 0. The molecule has 104 valence electrons. The van der Waals surface area contributed by atoms with Gasteiger partial charge in [-0.05, 0) is 24.6 Å². The predicted molar refractivity (Wildman–Crippen MR) is 72.7 cm³/mol. The summed E-state index contributed by atoms with van der Waals surface area (Å²) in [5, 5.41) is 23.6. The van der Waals surface area contributed by atoms with Crippen molar-refractivity contribution in [3.8, 4) is 5.75 Å². The summed E-state index contributed by atoms with van der Waals surface area (Å²) in [6.45, 7) is 1.92. The maximum absolute atomic E-state index is 12.0. The Hall–Kier alpha value is -1.95. The first kappa shape index (κ1) is 15.1. The molecule has 0 saturated carbocycles. The van der Waals surface area contributed by atoms with E-state index in [2.05, 4.69) is 10.5 Å². The predicted octanol–water partition coefficient (Wildman–Crippen LogP) is 1.69. The molecule has 0 heterocycles. The smallest absolute Gasteiger partial charge is 0.251 e. The number of benzene rings is 1. The van der Waals surface area contributed by atoms with Gasteiger partial charge in [0.2, 0.25) is 0 Å². The highest BCUT2D eigenvalue weighted by Crippen LogP contribution is 2.23. The number of nitrogens with two attached hydrogens (primary N) is 1. The molecule has 5 N–H and O–H groups in total. The molecule has 0 fully saturated rings. The molecule has 19 heavy (non-hydrogen) atoms. The van der Waals surface area contributed by atoms with E-state index < -0.39 is 11.9 Å². The quantitative estimate of drug-likeness (QED) is 0.286. The second-order valence-corrected chi connectivity index (χ2v) is 4.41. The monoisotopic (exact) mass is 285 g/mol. The molecule has 0 saturated heterocycles. The van der Waals surface area contributed by atoms with Gasteiger partial charge in [-0.1, -0.05) is 30.1 Å². The van der Waals surface area contributed by atoms with Gasteiger partial charge in [0.1, 0.15) is 5.75 Å². The first-order chi connectivity index (χ1) is 8.99. The second kappa shape index (κ2) is 6.84. The number of phenols is 1. The molecule has 1 rings (SSSR count). The molecule has 6 nitrogen and oxygen atoms in total. The number of hydrogen-bond donors (Lipinski definition) is 4. The van der Waals surface area contributed by atoms with Crippen LogP contribution in [-0.4, -0.2) is 28.1 Å². The van der Waals surface area contributed by atoms with Crippen molar-refractivity contribution in [3.05, 3.63) is 28.8 Å². The summed E-state index contributed by atoms with van der Waals surface area (Å²) in [4.78, 5) is 12.0. The first-order valence-corrected chi connectivity index (χ1v) is 6.14. The normalized spacial score (nSPS) is 13.1. The number of halogens is 1. The van der Waals surface area contributed by atoms with Crippen LogP contribution >= 0.6 is 11.6 Å². The lowest BCUT2D eigenvalue weighted by Gasteiger charge is -2.16. The summed E-state index contributed by atoms with van der Waals surface area (Å²) in [5.41, 5.74) is 5.79. The molecule has 0 aromatic heterocycles. The highest BCUT2D eigenvalue weighted by molar-refractivity contribution is 6.32. The van der Waals surface area contributed by atoms with Gasteiger partial charge >= 0.3 is 0 Å². The van der Waals surface area contributed by atoms with Crippen molar-refractivity contribution < 1.29 is 15.1 Å². The fraction of sp³-hybridized carbons (Fsp3) is 0.333. The number of nitrogens with zero attached hydrogens (tertiary/aromatic N) is 1. The van der Waals surface area contributed by atoms with E-state index in [0.717, 1.165) is 6.42 Å². The van der Waals surface area contributed by atoms with Crippen LogP contribution in [0, 0.1) is 0 Å². The Morgan fingerprint density at radius 2 is 2.26 bits per heavy atom. The van der Waals surface area contributed by atoms with Crippen molar-refractivity contribution >= 4 is 23.3 Å². The Kier molecular flexibility index (Phi) is 5.44. The third kappa shape index (κ3) is 4.03. The molecule has 0 bridgehead atoms. The maximum Gasteiger partial charge on any atom is 0.251 e. The van der Waals surface area contributed by atoms with Crippen molar-refractivity contribution in [2.75, 3.05) is 0 Å². The Morgan fingerprint density at radius 3 is 2.79 bits per heavy atom. The average Bonchev–Trinajstić information content (AvgIpc) is 2.40. The van der Waals surface area contributed by atoms with Gasteiger partial charge in [0, 0.05) is 5.56 Å². The molecular weight excluding hydrogens is 270 g/mol. The molecule has 1 unspecified atom stereocenters. The number of rotatable bonds is 5. The van der Waals surface area contributed by atoms with E-state index in [1.165, 1.54) is 18.2 Å². The van der Waals surface area contributed by atoms with Crippen LogP contribution in [-0.2, 0) is 0 Å². The van der Waals surface area contributed by atoms with Gasteiger partial charge in [0.15, 0.2) is 5.84 Å². The molecule has 0 radical (unpaired) electrons. The van der Waals surface area contributed by atoms with Crippen LogP contribution in [0.1, 0.15) is 30.1 Å². The number of phenolic OH excluding ortho intramolecular Hbond substituents is 1. The average molecular weight is 286 g/mol. The van der Waals surface area contributed by atoms with Crippen LogP contribution in [0.25, 0.3) is 0 Å². The minimum absolute atomic E-state index is 0.0555. The SMILES string of the molecule is CCCC(NC(=O)c1ccc(O)c(Cl)c1)/C(N)=N/O. The number of hydrogen-bond acceptors (Lipinski definition) is 4. The van der Waals surface area contributed by atoms with Gasteiger partial charge in [0.25, 0.3) is 5.91 Å². The third-order valence-electron chi connectivity index (χ3n) is 2.57. The highest BCUT2D eigenvalue weighted by Gasteiger charge is 2.17. The first-order valence-electron chi connectivity index (χ1n) is 5.76.